The van der Waals surface area contributed by atoms with E-state index in [4.69, 9.17) is 10.1 Å². The fourth-order valence-electron chi connectivity index (χ4n) is 6.64. The van der Waals surface area contributed by atoms with Crippen LogP contribution in [0.4, 0.5) is 0 Å². The highest BCUT2D eigenvalue weighted by atomic mass is 15.2. The number of rotatable bonds is 4. The van der Waals surface area contributed by atoms with Gasteiger partial charge in [0, 0.05) is 39.2 Å². The van der Waals surface area contributed by atoms with Gasteiger partial charge in [-0.25, -0.2) is 4.52 Å². The molecule has 4 heteroatoms. The third-order valence-electron chi connectivity index (χ3n) is 8.57. The van der Waals surface area contributed by atoms with Crippen LogP contribution < -0.4 is 0 Å². The van der Waals surface area contributed by atoms with Crippen LogP contribution in [0.1, 0.15) is 0 Å². The van der Waals surface area contributed by atoms with Crippen molar-refractivity contribution in [2.24, 2.45) is 0 Å². The number of fused-ring (bicyclic) bond motifs is 6. The van der Waals surface area contributed by atoms with E-state index in [2.05, 4.69) is 149 Å². The molecule has 206 valence electrons. The van der Waals surface area contributed by atoms with Gasteiger partial charge in [-0.1, -0.05) is 103 Å². The van der Waals surface area contributed by atoms with Gasteiger partial charge in [-0.15, -0.1) is 0 Å². The highest BCUT2D eigenvalue weighted by molar-refractivity contribution is 6.13. The highest BCUT2D eigenvalue weighted by Gasteiger charge is 2.23. The molecular weight excluding hydrogens is 536 g/mol. The van der Waals surface area contributed by atoms with Gasteiger partial charge in [-0.2, -0.15) is 5.10 Å². The molecule has 5 aromatic carbocycles. The maximum atomic E-state index is 5.35. The van der Waals surface area contributed by atoms with E-state index in [0.717, 1.165) is 55.7 Å². The zero-order valence-electron chi connectivity index (χ0n) is 23.8. The molecule has 0 fully saturated rings. The molecule has 4 heterocycles. The van der Waals surface area contributed by atoms with Gasteiger partial charge >= 0.3 is 0 Å². The first-order chi connectivity index (χ1) is 21.8. The summed E-state index contributed by atoms with van der Waals surface area (Å²) < 4.78 is 4.46. The Labute approximate surface area is 254 Å². The quantitative estimate of drug-likeness (QED) is 0.214. The molecule has 0 spiro atoms. The van der Waals surface area contributed by atoms with E-state index in [9.17, 15) is 0 Å². The third kappa shape index (κ3) is 3.71. The summed E-state index contributed by atoms with van der Waals surface area (Å²) in [6.07, 6.45) is 1.84. The summed E-state index contributed by atoms with van der Waals surface area (Å²) in [6.45, 7) is 0. The van der Waals surface area contributed by atoms with Crippen molar-refractivity contribution in [3.05, 3.63) is 158 Å². The Morgan fingerprint density at radius 2 is 1.20 bits per heavy atom. The zero-order chi connectivity index (χ0) is 29.0. The van der Waals surface area contributed by atoms with E-state index >= 15 is 0 Å². The molecule has 0 saturated heterocycles. The lowest BCUT2D eigenvalue weighted by molar-refractivity contribution is 0.972. The molecule has 0 amide bonds. The lowest BCUT2D eigenvalue weighted by atomic mass is 9.96. The second-order valence-electron chi connectivity index (χ2n) is 11.1. The number of hydrogen-bond donors (Lipinski definition) is 0. The number of pyridine rings is 2. The van der Waals surface area contributed by atoms with Gasteiger partial charge in [0.1, 0.15) is 5.69 Å². The molecule has 44 heavy (non-hydrogen) atoms. The molecule has 0 unspecified atom stereocenters. The Morgan fingerprint density at radius 3 is 2.02 bits per heavy atom. The predicted octanol–water partition coefficient (Wildman–Crippen LogP) is 9.98. The number of nitrogens with zero attached hydrogens (tertiary/aromatic N) is 4. The van der Waals surface area contributed by atoms with Gasteiger partial charge < -0.3 is 4.57 Å². The summed E-state index contributed by atoms with van der Waals surface area (Å²) >= 11 is 0. The van der Waals surface area contributed by atoms with Crippen LogP contribution in [0.2, 0.25) is 0 Å². The molecule has 0 aliphatic heterocycles. The average Bonchev–Trinajstić information content (AvgIpc) is 3.66. The maximum absolute atomic E-state index is 5.35. The molecule has 0 aliphatic rings. The van der Waals surface area contributed by atoms with E-state index in [1.54, 1.807) is 0 Å². The van der Waals surface area contributed by atoms with Crippen molar-refractivity contribution >= 4 is 38.1 Å². The van der Waals surface area contributed by atoms with Gasteiger partial charge in [0.2, 0.25) is 0 Å². The molecule has 4 aromatic heterocycles. The average molecular weight is 563 g/mol. The van der Waals surface area contributed by atoms with Crippen molar-refractivity contribution in [2.75, 3.05) is 0 Å². The Morgan fingerprint density at radius 1 is 0.500 bits per heavy atom. The van der Waals surface area contributed by atoms with Crippen LogP contribution >= 0.6 is 0 Å². The van der Waals surface area contributed by atoms with Crippen molar-refractivity contribution in [1.29, 1.82) is 0 Å². The smallest absolute Gasteiger partial charge is 0.101 e. The monoisotopic (exact) mass is 562 g/mol. The van der Waals surface area contributed by atoms with Crippen LogP contribution in [-0.4, -0.2) is 19.2 Å². The first kappa shape index (κ1) is 24.6. The fourth-order valence-corrected chi connectivity index (χ4v) is 6.64. The number of hydrogen-bond acceptors (Lipinski definition) is 2. The highest BCUT2D eigenvalue weighted by Crippen LogP contribution is 2.42. The van der Waals surface area contributed by atoms with E-state index in [1.807, 2.05) is 18.3 Å². The minimum atomic E-state index is 0.887. The minimum absolute atomic E-state index is 0.887. The Kier molecular flexibility index (Phi) is 5.47. The fraction of sp³-hybridized carbons (Fsp3) is 0. The summed E-state index contributed by atoms with van der Waals surface area (Å²) in [5.74, 6) is 0. The molecule has 0 atom stereocenters. The second kappa shape index (κ2) is 9.79. The van der Waals surface area contributed by atoms with Crippen LogP contribution in [0.25, 0.3) is 77.6 Å². The first-order valence-electron chi connectivity index (χ1n) is 14.9. The van der Waals surface area contributed by atoms with Crippen molar-refractivity contribution in [2.45, 2.75) is 0 Å². The molecule has 0 bridgehead atoms. The normalized spacial score (nSPS) is 11.6. The van der Waals surface area contributed by atoms with E-state index in [-0.39, 0.29) is 0 Å². The van der Waals surface area contributed by atoms with Gasteiger partial charge in [0.15, 0.2) is 0 Å². The summed E-state index contributed by atoms with van der Waals surface area (Å²) in [4.78, 5) is 4.73. The lowest BCUT2D eigenvalue weighted by Crippen LogP contribution is -1.97. The van der Waals surface area contributed by atoms with Crippen molar-refractivity contribution in [3.8, 4) is 39.5 Å². The molecule has 0 N–H and O–H groups in total. The number of aromatic nitrogens is 4. The summed E-state index contributed by atoms with van der Waals surface area (Å²) in [7, 11) is 0. The summed E-state index contributed by atoms with van der Waals surface area (Å²) in [5, 5.41) is 10.1. The third-order valence-corrected chi connectivity index (χ3v) is 8.57. The SMILES string of the molecule is c1ccc(-c2nn3c(-c4ccccn4)cc4ccccc4c3c2-c2ccc3c(c2)c2ccccc2n3-c2ccccc2)cc1. The molecule has 9 rings (SSSR count). The number of benzene rings is 5. The topological polar surface area (TPSA) is 35.1 Å². The minimum Gasteiger partial charge on any atom is -0.309 e. The van der Waals surface area contributed by atoms with Crippen molar-refractivity contribution in [3.63, 3.8) is 0 Å². The van der Waals surface area contributed by atoms with Crippen LogP contribution in [0.15, 0.2) is 158 Å². The van der Waals surface area contributed by atoms with Crippen LogP contribution in [-0.2, 0) is 0 Å². The predicted molar refractivity (Wildman–Crippen MR) is 181 cm³/mol. The maximum Gasteiger partial charge on any atom is 0.101 e. The van der Waals surface area contributed by atoms with E-state index in [1.165, 1.54) is 21.8 Å². The summed E-state index contributed by atoms with van der Waals surface area (Å²) in [5.41, 5.74) is 10.7. The Balaban J connectivity index is 1.42. The molecule has 9 aromatic rings. The largest absolute Gasteiger partial charge is 0.309 e. The number of para-hydroxylation sites is 2. The van der Waals surface area contributed by atoms with Crippen molar-refractivity contribution in [1.82, 2.24) is 19.2 Å². The van der Waals surface area contributed by atoms with E-state index < -0.39 is 0 Å². The molecule has 0 aliphatic carbocycles. The Hall–Kier alpha value is -6.00. The van der Waals surface area contributed by atoms with E-state index in [0.29, 0.717) is 0 Å². The molecule has 0 saturated carbocycles. The Bertz CT molecular complexity index is 2470. The molecular formula is C40H26N4. The van der Waals surface area contributed by atoms with Crippen molar-refractivity contribution < 1.29 is 0 Å². The van der Waals surface area contributed by atoms with Gasteiger partial charge in [-0.3, -0.25) is 4.98 Å². The zero-order valence-corrected chi connectivity index (χ0v) is 23.8. The lowest BCUT2D eigenvalue weighted by Gasteiger charge is -2.11. The molecule has 4 nitrogen and oxygen atoms in total. The van der Waals surface area contributed by atoms with Crippen LogP contribution in [0, 0.1) is 0 Å². The van der Waals surface area contributed by atoms with Gasteiger partial charge in [0.25, 0.3) is 0 Å². The first-order valence-corrected chi connectivity index (χ1v) is 14.9. The van der Waals surface area contributed by atoms with Gasteiger partial charge in [-0.05, 0) is 59.5 Å². The second-order valence-corrected chi connectivity index (χ2v) is 11.1. The standard InChI is InChI=1S/C40H26N4/c1-3-13-27(14-4-1)39-38(40-31-18-8-7-15-28(31)26-37(44(40)42-39)34-20-11-12-24-41-34)29-22-23-36-33(25-29)32-19-9-10-21-35(32)43(36)30-16-5-2-6-17-30/h1-26H. The van der Waals surface area contributed by atoms with Crippen LogP contribution in [0.3, 0.4) is 0 Å². The summed E-state index contributed by atoms with van der Waals surface area (Å²) in [6, 6.07) is 53.5. The molecule has 0 radical (unpaired) electrons. The van der Waals surface area contributed by atoms with Gasteiger partial charge in [0.05, 0.1) is 27.9 Å². The van der Waals surface area contributed by atoms with Crippen LogP contribution in [0.5, 0.6) is 0 Å².